The quantitative estimate of drug-likeness (QED) is 0.727. The SMILES string of the molecule is C=C[C@]1(C)CC[C@H]2[C@@](C)(CC(=O)O)[C@H](C(C)(C)C(=O)O)CC[C@@]2(C)O1. The average molecular weight is 352 g/mol. The van der Waals surface area contributed by atoms with E-state index in [2.05, 4.69) is 13.5 Å². The summed E-state index contributed by atoms with van der Waals surface area (Å²) in [5.41, 5.74) is -2.49. The molecule has 5 atom stereocenters. The maximum atomic E-state index is 11.9. The highest BCUT2D eigenvalue weighted by Crippen LogP contribution is 2.62. The van der Waals surface area contributed by atoms with Crippen LogP contribution in [0.1, 0.15) is 66.7 Å². The third kappa shape index (κ3) is 3.23. The molecule has 0 spiro atoms. The van der Waals surface area contributed by atoms with Crippen LogP contribution in [0.2, 0.25) is 0 Å². The maximum absolute atomic E-state index is 11.9. The molecule has 2 rings (SSSR count). The second kappa shape index (κ2) is 6.11. The van der Waals surface area contributed by atoms with Crippen LogP contribution in [0.3, 0.4) is 0 Å². The molecule has 0 aromatic heterocycles. The number of aliphatic carboxylic acids is 2. The Bertz CT molecular complexity index is 583. The van der Waals surface area contributed by atoms with Crippen molar-refractivity contribution in [3.05, 3.63) is 12.7 Å². The van der Waals surface area contributed by atoms with Crippen molar-refractivity contribution in [1.82, 2.24) is 0 Å². The summed E-state index contributed by atoms with van der Waals surface area (Å²) >= 11 is 0. The highest BCUT2D eigenvalue weighted by molar-refractivity contribution is 5.75. The molecule has 1 aliphatic carbocycles. The van der Waals surface area contributed by atoms with Gasteiger partial charge in [-0.3, -0.25) is 9.59 Å². The molecule has 0 aromatic carbocycles. The zero-order valence-corrected chi connectivity index (χ0v) is 16.1. The first-order valence-corrected chi connectivity index (χ1v) is 9.10. The van der Waals surface area contributed by atoms with Gasteiger partial charge in [0.25, 0.3) is 0 Å². The third-order valence-corrected chi connectivity index (χ3v) is 7.04. The fourth-order valence-corrected chi connectivity index (χ4v) is 5.70. The van der Waals surface area contributed by atoms with E-state index in [-0.39, 0.29) is 18.3 Å². The number of hydrogen-bond acceptors (Lipinski definition) is 3. The monoisotopic (exact) mass is 352 g/mol. The molecule has 0 radical (unpaired) electrons. The van der Waals surface area contributed by atoms with Crippen LogP contribution in [0.5, 0.6) is 0 Å². The lowest BCUT2D eigenvalue weighted by Gasteiger charge is -2.62. The molecule has 1 aliphatic heterocycles. The Balaban J connectivity index is 2.49. The van der Waals surface area contributed by atoms with E-state index >= 15 is 0 Å². The first kappa shape index (κ1) is 20.0. The Kier molecular flexibility index (Phi) is 4.88. The van der Waals surface area contributed by atoms with Crippen LogP contribution < -0.4 is 0 Å². The molecule has 1 saturated heterocycles. The van der Waals surface area contributed by atoms with Gasteiger partial charge in [-0.15, -0.1) is 6.58 Å². The fourth-order valence-electron chi connectivity index (χ4n) is 5.70. The van der Waals surface area contributed by atoms with E-state index in [4.69, 9.17) is 4.74 Å². The molecule has 0 amide bonds. The van der Waals surface area contributed by atoms with Crippen LogP contribution in [0, 0.1) is 22.7 Å². The van der Waals surface area contributed by atoms with Crippen molar-refractivity contribution in [2.24, 2.45) is 22.7 Å². The lowest BCUT2D eigenvalue weighted by atomic mass is 9.47. The summed E-state index contributed by atoms with van der Waals surface area (Å²) in [6, 6.07) is 0. The van der Waals surface area contributed by atoms with Crippen molar-refractivity contribution in [2.75, 3.05) is 0 Å². The van der Waals surface area contributed by atoms with Gasteiger partial charge in [0.2, 0.25) is 0 Å². The Labute approximate surface area is 150 Å². The maximum Gasteiger partial charge on any atom is 0.309 e. The van der Waals surface area contributed by atoms with Gasteiger partial charge in [0.05, 0.1) is 23.0 Å². The fraction of sp³-hybridized carbons (Fsp3) is 0.800. The van der Waals surface area contributed by atoms with Crippen molar-refractivity contribution < 1.29 is 24.5 Å². The second-order valence-corrected chi connectivity index (χ2v) is 9.22. The number of fused-ring (bicyclic) bond motifs is 1. The molecular weight excluding hydrogens is 320 g/mol. The van der Waals surface area contributed by atoms with Crippen LogP contribution >= 0.6 is 0 Å². The van der Waals surface area contributed by atoms with Gasteiger partial charge in [-0.2, -0.15) is 0 Å². The third-order valence-electron chi connectivity index (χ3n) is 7.04. The zero-order chi connectivity index (χ0) is 19.3. The minimum atomic E-state index is -0.981. The van der Waals surface area contributed by atoms with Gasteiger partial charge in [-0.25, -0.2) is 0 Å². The van der Waals surface area contributed by atoms with E-state index in [1.165, 1.54) is 0 Å². The van der Waals surface area contributed by atoms with Crippen molar-refractivity contribution in [2.45, 2.75) is 77.9 Å². The number of rotatable bonds is 5. The van der Waals surface area contributed by atoms with Gasteiger partial charge in [-0.05, 0) is 70.6 Å². The summed E-state index contributed by atoms with van der Waals surface area (Å²) in [7, 11) is 0. The molecule has 0 aromatic rings. The molecule has 2 N–H and O–H groups in total. The molecule has 1 heterocycles. The van der Waals surface area contributed by atoms with Gasteiger partial charge < -0.3 is 14.9 Å². The number of ether oxygens (including phenoxy) is 1. The molecule has 2 aliphatic rings. The lowest BCUT2D eigenvalue weighted by molar-refractivity contribution is -0.247. The van der Waals surface area contributed by atoms with E-state index in [9.17, 15) is 19.8 Å². The van der Waals surface area contributed by atoms with Crippen LogP contribution in [-0.2, 0) is 14.3 Å². The van der Waals surface area contributed by atoms with Crippen molar-refractivity contribution in [1.29, 1.82) is 0 Å². The van der Waals surface area contributed by atoms with Gasteiger partial charge in [0.15, 0.2) is 0 Å². The van der Waals surface area contributed by atoms with E-state index in [0.717, 1.165) is 19.3 Å². The summed E-state index contributed by atoms with van der Waals surface area (Å²) in [5.74, 6) is -1.97. The molecular formula is C20H32O5. The molecule has 2 fully saturated rings. The van der Waals surface area contributed by atoms with E-state index in [0.29, 0.717) is 6.42 Å². The minimum absolute atomic E-state index is 0.00139. The van der Waals surface area contributed by atoms with Gasteiger partial charge in [0, 0.05) is 0 Å². The summed E-state index contributed by atoms with van der Waals surface area (Å²) in [6.07, 6.45) is 4.75. The average Bonchev–Trinajstić information content (AvgIpc) is 2.44. The normalized spacial score (nSPS) is 41.6. The molecule has 0 unspecified atom stereocenters. The van der Waals surface area contributed by atoms with Crippen molar-refractivity contribution >= 4 is 11.9 Å². The molecule has 1 saturated carbocycles. The Morgan fingerprint density at radius 3 is 2.28 bits per heavy atom. The summed E-state index contributed by atoms with van der Waals surface area (Å²) in [4.78, 5) is 23.6. The molecule has 5 nitrogen and oxygen atoms in total. The molecule has 0 bridgehead atoms. The van der Waals surface area contributed by atoms with Gasteiger partial charge >= 0.3 is 11.9 Å². The van der Waals surface area contributed by atoms with E-state index in [1.807, 2.05) is 19.9 Å². The number of hydrogen-bond donors (Lipinski definition) is 2. The lowest BCUT2D eigenvalue weighted by Crippen LogP contribution is -2.62. The Hall–Kier alpha value is -1.36. The first-order chi connectivity index (χ1) is 11.3. The van der Waals surface area contributed by atoms with E-state index in [1.54, 1.807) is 13.8 Å². The van der Waals surface area contributed by atoms with Crippen LogP contribution in [0.4, 0.5) is 0 Å². The highest BCUT2D eigenvalue weighted by Gasteiger charge is 2.62. The van der Waals surface area contributed by atoms with Crippen LogP contribution in [0.25, 0.3) is 0 Å². The minimum Gasteiger partial charge on any atom is -0.481 e. The van der Waals surface area contributed by atoms with Crippen molar-refractivity contribution in [3.63, 3.8) is 0 Å². The topological polar surface area (TPSA) is 83.8 Å². The highest BCUT2D eigenvalue weighted by atomic mass is 16.5. The predicted molar refractivity (Wildman–Crippen MR) is 95.3 cm³/mol. The van der Waals surface area contributed by atoms with E-state index < -0.39 is 34.0 Å². The Morgan fingerprint density at radius 2 is 1.80 bits per heavy atom. The largest absolute Gasteiger partial charge is 0.481 e. The molecule has 142 valence electrons. The Morgan fingerprint density at radius 1 is 1.20 bits per heavy atom. The smallest absolute Gasteiger partial charge is 0.309 e. The molecule has 25 heavy (non-hydrogen) atoms. The number of carboxylic acids is 2. The number of carboxylic acid groups (broad SMARTS) is 2. The number of carbonyl (C=O) groups is 2. The predicted octanol–water partition coefficient (Wildman–Crippen LogP) is 4.12. The summed E-state index contributed by atoms with van der Waals surface area (Å²) < 4.78 is 6.45. The van der Waals surface area contributed by atoms with Gasteiger partial charge in [0.1, 0.15) is 0 Å². The zero-order valence-electron chi connectivity index (χ0n) is 16.1. The summed E-state index contributed by atoms with van der Waals surface area (Å²) in [6.45, 7) is 13.4. The van der Waals surface area contributed by atoms with Gasteiger partial charge in [-0.1, -0.05) is 13.0 Å². The van der Waals surface area contributed by atoms with Crippen LogP contribution in [0.15, 0.2) is 12.7 Å². The standard InChI is InChI=1S/C20H32O5/c1-7-18(4)10-8-14-19(5,12-15(21)22)13(17(2,3)16(23)24)9-11-20(14,6)25-18/h7,13-14H,1,8-12H2,2-6H3,(H,21,22)(H,23,24)/t13-,14-,18+,19-,20+/m0/s1. The van der Waals surface area contributed by atoms with Crippen molar-refractivity contribution in [3.8, 4) is 0 Å². The van der Waals surface area contributed by atoms with Crippen LogP contribution in [-0.4, -0.2) is 33.4 Å². The second-order valence-electron chi connectivity index (χ2n) is 9.22. The first-order valence-electron chi connectivity index (χ1n) is 9.10. The summed E-state index contributed by atoms with van der Waals surface area (Å²) in [5, 5.41) is 19.3. The molecule has 5 heteroatoms.